The van der Waals surface area contributed by atoms with E-state index < -0.39 is 0 Å². The molecule has 4 nitrogen and oxygen atoms in total. The molecule has 1 aliphatic heterocycles. The Morgan fingerprint density at radius 3 is 2.89 bits per heavy atom. The molecule has 2 N–H and O–H groups in total. The van der Waals surface area contributed by atoms with Gasteiger partial charge in [0.15, 0.2) is 0 Å². The van der Waals surface area contributed by atoms with Crippen molar-refractivity contribution < 1.29 is 9.90 Å². The zero-order valence-corrected chi connectivity index (χ0v) is 12.8. The molecule has 0 spiro atoms. The van der Waals surface area contributed by atoms with Gasteiger partial charge in [-0.05, 0) is 44.0 Å². The molecular formula is C14H19BrN2O2. The van der Waals surface area contributed by atoms with Crippen LogP contribution in [0, 0.1) is 6.92 Å². The number of rotatable bonds is 3. The number of nitrogens with one attached hydrogen (secondary N) is 1. The lowest BCUT2D eigenvalue weighted by Crippen LogP contribution is -2.60. The number of hydrogen-bond donors (Lipinski definition) is 2. The Labute approximate surface area is 121 Å². The Bertz CT molecular complexity index is 479. The van der Waals surface area contributed by atoms with Gasteiger partial charge in [-0.3, -0.25) is 4.79 Å². The van der Waals surface area contributed by atoms with E-state index in [9.17, 15) is 9.90 Å². The van der Waals surface area contributed by atoms with Crippen molar-refractivity contribution in [3.8, 4) is 0 Å². The zero-order valence-electron chi connectivity index (χ0n) is 11.2. The molecule has 1 aromatic rings. The molecular weight excluding hydrogens is 308 g/mol. The van der Waals surface area contributed by atoms with Gasteiger partial charge in [0, 0.05) is 29.4 Å². The highest BCUT2D eigenvalue weighted by atomic mass is 79.9. The van der Waals surface area contributed by atoms with E-state index in [2.05, 4.69) is 39.1 Å². The minimum absolute atomic E-state index is 0.00674. The number of anilines is 1. The summed E-state index contributed by atoms with van der Waals surface area (Å²) in [6.07, 6.45) is 0.450. The minimum Gasteiger partial charge on any atom is -0.396 e. The molecule has 0 radical (unpaired) electrons. The fraction of sp³-hybridized carbons (Fsp3) is 0.500. The maximum absolute atomic E-state index is 12.0. The molecule has 1 aromatic carbocycles. The van der Waals surface area contributed by atoms with Gasteiger partial charge >= 0.3 is 0 Å². The number of nitrogens with zero attached hydrogens (tertiary/aromatic N) is 1. The number of benzene rings is 1. The molecule has 2 atom stereocenters. The molecule has 1 fully saturated rings. The molecule has 1 aliphatic rings. The van der Waals surface area contributed by atoms with Gasteiger partial charge in [-0.25, -0.2) is 0 Å². The Kier molecular flexibility index (Phi) is 4.47. The molecule has 19 heavy (non-hydrogen) atoms. The van der Waals surface area contributed by atoms with Crippen molar-refractivity contribution in [1.82, 2.24) is 5.32 Å². The van der Waals surface area contributed by atoms with Crippen molar-refractivity contribution in [2.45, 2.75) is 32.4 Å². The molecule has 5 heteroatoms. The van der Waals surface area contributed by atoms with Gasteiger partial charge in [0.2, 0.25) is 5.91 Å². The quantitative estimate of drug-likeness (QED) is 0.891. The number of hydrogen-bond acceptors (Lipinski definition) is 3. The van der Waals surface area contributed by atoms with Gasteiger partial charge in [-0.15, -0.1) is 0 Å². The first-order valence-corrected chi connectivity index (χ1v) is 7.27. The Hall–Kier alpha value is -1.07. The van der Waals surface area contributed by atoms with Crippen LogP contribution in [0.1, 0.15) is 18.9 Å². The van der Waals surface area contributed by atoms with Crippen molar-refractivity contribution in [3.63, 3.8) is 0 Å². The summed E-state index contributed by atoms with van der Waals surface area (Å²) in [4.78, 5) is 14.1. The highest BCUT2D eigenvalue weighted by Crippen LogP contribution is 2.28. The fourth-order valence-electron chi connectivity index (χ4n) is 2.51. The third-order valence-electron chi connectivity index (χ3n) is 3.53. The average molecular weight is 327 g/mol. The maximum atomic E-state index is 12.0. The first kappa shape index (κ1) is 14.3. The highest BCUT2D eigenvalue weighted by Gasteiger charge is 2.33. The smallest absolute Gasteiger partial charge is 0.242 e. The molecule has 1 amide bonds. The summed E-state index contributed by atoms with van der Waals surface area (Å²) in [5, 5.41) is 12.1. The standard InChI is InChI=1S/C14H19BrN2O2/c1-9-7-11(3-4-12(9)15)17-10(2)8-16-14(19)13(17)5-6-18/h3-4,7,10,13,18H,5-6,8H2,1-2H3,(H,16,19). The lowest BCUT2D eigenvalue weighted by atomic mass is 10.0. The van der Waals surface area contributed by atoms with Crippen molar-refractivity contribution >= 4 is 27.5 Å². The normalized spacial score (nSPS) is 23.4. The number of aliphatic hydroxyl groups excluding tert-OH is 1. The van der Waals surface area contributed by atoms with Crippen LogP contribution in [0.25, 0.3) is 0 Å². The summed E-state index contributed by atoms with van der Waals surface area (Å²) in [6, 6.07) is 6.00. The lowest BCUT2D eigenvalue weighted by Gasteiger charge is -2.41. The van der Waals surface area contributed by atoms with E-state index in [4.69, 9.17) is 0 Å². The van der Waals surface area contributed by atoms with E-state index in [1.54, 1.807) is 0 Å². The maximum Gasteiger partial charge on any atom is 0.242 e. The predicted molar refractivity (Wildman–Crippen MR) is 79.3 cm³/mol. The van der Waals surface area contributed by atoms with Crippen molar-refractivity contribution in [3.05, 3.63) is 28.2 Å². The fourth-order valence-corrected chi connectivity index (χ4v) is 2.76. The number of piperazine rings is 1. The second-order valence-corrected chi connectivity index (χ2v) is 5.82. The average Bonchev–Trinajstić information content (AvgIpc) is 2.38. The van der Waals surface area contributed by atoms with Crippen LogP contribution in [0.5, 0.6) is 0 Å². The van der Waals surface area contributed by atoms with E-state index in [-0.39, 0.29) is 24.6 Å². The zero-order chi connectivity index (χ0) is 14.0. The van der Waals surface area contributed by atoms with Crippen molar-refractivity contribution in [2.75, 3.05) is 18.1 Å². The molecule has 1 heterocycles. The molecule has 0 aromatic heterocycles. The van der Waals surface area contributed by atoms with Crippen molar-refractivity contribution in [2.24, 2.45) is 0 Å². The highest BCUT2D eigenvalue weighted by molar-refractivity contribution is 9.10. The van der Waals surface area contributed by atoms with Crippen LogP contribution in [0.2, 0.25) is 0 Å². The molecule has 0 bridgehead atoms. The van der Waals surface area contributed by atoms with Crippen LogP contribution in [-0.2, 0) is 4.79 Å². The first-order chi connectivity index (χ1) is 9.04. The summed E-state index contributed by atoms with van der Waals surface area (Å²) in [7, 11) is 0. The van der Waals surface area contributed by atoms with Gasteiger partial charge in [0.25, 0.3) is 0 Å². The van der Waals surface area contributed by atoms with Crippen LogP contribution < -0.4 is 10.2 Å². The topological polar surface area (TPSA) is 52.6 Å². The molecule has 0 aliphatic carbocycles. The summed E-state index contributed by atoms with van der Waals surface area (Å²) >= 11 is 3.49. The Morgan fingerprint density at radius 1 is 1.53 bits per heavy atom. The largest absolute Gasteiger partial charge is 0.396 e. The minimum atomic E-state index is -0.297. The van der Waals surface area contributed by atoms with Crippen LogP contribution in [0.4, 0.5) is 5.69 Å². The second-order valence-electron chi connectivity index (χ2n) is 4.96. The van der Waals surface area contributed by atoms with Crippen LogP contribution in [-0.4, -0.2) is 36.2 Å². The summed E-state index contributed by atoms with van der Waals surface area (Å²) in [5.74, 6) is -0.00674. The monoisotopic (exact) mass is 326 g/mol. The predicted octanol–water partition coefficient (Wildman–Crippen LogP) is 1.83. The van der Waals surface area contributed by atoms with Gasteiger partial charge < -0.3 is 15.3 Å². The summed E-state index contributed by atoms with van der Waals surface area (Å²) < 4.78 is 1.06. The lowest BCUT2D eigenvalue weighted by molar-refractivity contribution is -0.124. The number of amides is 1. The molecule has 1 saturated heterocycles. The molecule has 104 valence electrons. The number of carbonyl (C=O) groups is 1. The Morgan fingerprint density at radius 2 is 2.26 bits per heavy atom. The van der Waals surface area contributed by atoms with Crippen molar-refractivity contribution in [1.29, 1.82) is 0 Å². The van der Waals surface area contributed by atoms with Crippen LogP contribution in [0.3, 0.4) is 0 Å². The van der Waals surface area contributed by atoms with Gasteiger partial charge in [0.1, 0.15) is 6.04 Å². The van der Waals surface area contributed by atoms with Gasteiger partial charge in [-0.2, -0.15) is 0 Å². The van der Waals surface area contributed by atoms with E-state index in [1.807, 2.05) is 19.1 Å². The Balaban J connectivity index is 2.36. The summed E-state index contributed by atoms with van der Waals surface area (Å²) in [5.41, 5.74) is 2.17. The SMILES string of the molecule is Cc1cc(N2C(C)CNC(=O)C2CCO)ccc1Br. The van der Waals surface area contributed by atoms with Crippen LogP contribution >= 0.6 is 15.9 Å². The van der Waals surface area contributed by atoms with Gasteiger partial charge in [-0.1, -0.05) is 15.9 Å². The summed E-state index contributed by atoms with van der Waals surface area (Å²) in [6.45, 7) is 4.76. The third-order valence-corrected chi connectivity index (χ3v) is 4.42. The van der Waals surface area contributed by atoms with Gasteiger partial charge in [0.05, 0.1) is 0 Å². The molecule has 2 unspecified atom stereocenters. The number of halogens is 1. The van der Waals surface area contributed by atoms with E-state index >= 15 is 0 Å². The van der Waals surface area contributed by atoms with E-state index in [1.165, 1.54) is 0 Å². The molecule has 2 rings (SSSR count). The second kappa shape index (κ2) is 5.92. The number of carbonyl (C=O) groups excluding carboxylic acids is 1. The number of aryl methyl sites for hydroxylation is 1. The van der Waals surface area contributed by atoms with E-state index in [0.717, 1.165) is 15.7 Å². The molecule has 0 saturated carbocycles. The van der Waals surface area contributed by atoms with E-state index in [0.29, 0.717) is 13.0 Å². The van der Waals surface area contributed by atoms with Crippen LogP contribution in [0.15, 0.2) is 22.7 Å². The third kappa shape index (κ3) is 2.92. The number of aliphatic hydroxyl groups is 1. The first-order valence-electron chi connectivity index (χ1n) is 6.47.